The highest BCUT2D eigenvalue weighted by Gasteiger charge is 2.11. The van der Waals surface area contributed by atoms with Crippen LogP contribution < -0.4 is 5.69 Å². The number of hydrogen-bond donors (Lipinski definition) is 0. The maximum atomic E-state index is 12.2. The van der Waals surface area contributed by atoms with E-state index in [1.165, 1.54) is 0 Å². The summed E-state index contributed by atoms with van der Waals surface area (Å²) in [6, 6.07) is 5.61. The third kappa shape index (κ3) is 4.17. The summed E-state index contributed by atoms with van der Waals surface area (Å²) in [5.74, 6) is 1.25. The van der Waals surface area contributed by atoms with Crippen molar-refractivity contribution in [3.8, 4) is 0 Å². The Balaban J connectivity index is 2.08. The average molecular weight is 290 g/mol. The van der Waals surface area contributed by atoms with Crippen molar-refractivity contribution in [2.45, 2.75) is 34.2 Å². The van der Waals surface area contributed by atoms with Gasteiger partial charge in [-0.15, -0.1) is 5.10 Å². The first-order valence-corrected chi connectivity index (χ1v) is 7.74. The highest BCUT2D eigenvalue weighted by atomic mass is 16.2. The summed E-state index contributed by atoms with van der Waals surface area (Å²) in [5.41, 5.74) is 0.654. The predicted octanol–water partition coefficient (Wildman–Crippen LogP) is 2.11. The number of pyridine rings is 1. The molecule has 0 aliphatic carbocycles. The van der Waals surface area contributed by atoms with Gasteiger partial charge >= 0.3 is 5.69 Å². The van der Waals surface area contributed by atoms with E-state index >= 15 is 0 Å². The lowest BCUT2D eigenvalue weighted by Gasteiger charge is -2.25. The molecule has 0 radical (unpaired) electrons. The Bertz CT molecular complexity index is 616. The zero-order chi connectivity index (χ0) is 15.4. The molecule has 0 aliphatic rings. The minimum atomic E-state index is -0.0559. The van der Waals surface area contributed by atoms with E-state index in [9.17, 15) is 4.79 Å². The monoisotopic (exact) mass is 290 g/mol. The molecular formula is C16H26N4O. The van der Waals surface area contributed by atoms with Crippen LogP contribution >= 0.6 is 0 Å². The van der Waals surface area contributed by atoms with Gasteiger partial charge in [0.1, 0.15) is 0 Å². The van der Waals surface area contributed by atoms with Gasteiger partial charge in [0.25, 0.3) is 0 Å². The summed E-state index contributed by atoms with van der Waals surface area (Å²) in [6.45, 7) is 12.5. The van der Waals surface area contributed by atoms with Crippen LogP contribution in [0.25, 0.3) is 5.65 Å². The van der Waals surface area contributed by atoms with Gasteiger partial charge in [-0.25, -0.2) is 9.48 Å². The number of rotatable bonds is 7. The lowest BCUT2D eigenvalue weighted by molar-refractivity contribution is 0.208. The third-order valence-corrected chi connectivity index (χ3v) is 3.36. The van der Waals surface area contributed by atoms with Crippen LogP contribution in [0.4, 0.5) is 0 Å². The normalized spacial score (nSPS) is 12.1. The molecule has 0 spiro atoms. The molecule has 0 unspecified atom stereocenters. The van der Waals surface area contributed by atoms with Gasteiger partial charge in [-0.05, 0) is 24.0 Å². The van der Waals surface area contributed by atoms with Gasteiger partial charge in [0.2, 0.25) is 0 Å². The summed E-state index contributed by atoms with van der Waals surface area (Å²) in [7, 11) is 0. The summed E-state index contributed by atoms with van der Waals surface area (Å²) in [4.78, 5) is 14.7. The van der Waals surface area contributed by atoms with Gasteiger partial charge in [0.05, 0.1) is 6.54 Å². The second-order valence-corrected chi connectivity index (χ2v) is 6.48. The predicted molar refractivity (Wildman–Crippen MR) is 85.6 cm³/mol. The first-order chi connectivity index (χ1) is 9.97. The van der Waals surface area contributed by atoms with E-state index < -0.39 is 0 Å². The number of aromatic nitrogens is 3. The topological polar surface area (TPSA) is 42.5 Å². The molecule has 116 valence electrons. The minimum absolute atomic E-state index is 0.0559. The lowest BCUT2D eigenvalue weighted by atomic mass is 10.1. The molecule has 2 aromatic rings. The number of nitrogens with zero attached hydrogens (tertiary/aromatic N) is 4. The number of fused-ring (bicyclic) bond motifs is 1. The molecule has 5 nitrogen and oxygen atoms in total. The van der Waals surface area contributed by atoms with Crippen molar-refractivity contribution in [1.29, 1.82) is 0 Å². The standard InChI is InChI=1S/C16H26N4O/c1-13(2)11-18(12-14(3)4)9-10-20-16(21)19-8-6-5-7-15(19)17-20/h5-8,13-14H,9-12H2,1-4H3. The maximum Gasteiger partial charge on any atom is 0.350 e. The Morgan fingerprint density at radius 3 is 2.38 bits per heavy atom. The van der Waals surface area contributed by atoms with Crippen LogP contribution in [0.1, 0.15) is 27.7 Å². The van der Waals surface area contributed by atoms with Gasteiger partial charge in [0.15, 0.2) is 5.65 Å². The maximum absolute atomic E-state index is 12.2. The second kappa shape index (κ2) is 6.89. The van der Waals surface area contributed by atoms with Crippen LogP contribution in [-0.4, -0.2) is 38.7 Å². The zero-order valence-electron chi connectivity index (χ0n) is 13.5. The van der Waals surface area contributed by atoms with Crippen LogP contribution in [0.5, 0.6) is 0 Å². The molecule has 0 amide bonds. The third-order valence-electron chi connectivity index (χ3n) is 3.36. The van der Waals surface area contributed by atoms with Crippen LogP contribution in [0.15, 0.2) is 29.2 Å². The highest BCUT2D eigenvalue weighted by molar-refractivity contribution is 5.35. The van der Waals surface area contributed by atoms with Crippen LogP contribution in [0.2, 0.25) is 0 Å². The first kappa shape index (κ1) is 15.8. The Kier molecular flexibility index (Phi) is 5.17. The van der Waals surface area contributed by atoms with Crippen molar-refractivity contribution in [3.05, 3.63) is 34.9 Å². The molecule has 0 saturated heterocycles. The van der Waals surface area contributed by atoms with Crippen molar-refractivity contribution in [2.75, 3.05) is 19.6 Å². The molecule has 0 N–H and O–H groups in total. The van der Waals surface area contributed by atoms with E-state index in [-0.39, 0.29) is 5.69 Å². The van der Waals surface area contributed by atoms with Gasteiger partial charge in [-0.1, -0.05) is 33.8 Å². The molecule has 5 heteroatoms. The Morgan fingerprint density at radius 2 is 1.81 bits per heavy atom. The van der Waals surface area contributed by atoms with Crippen molar-refractivity contribution >= 4 is 5.65 Å². The first-order valence-electron chi connectivity index (χ1n) is 7.74. The molecule has 0 saturated carbocycles. The smallest absolute Gasteiger partial charge is 0.301 e. The van der Waals surface area contributed by atoms with Gasteiger partial charge in [-0.2, -0.15) is 0 Å². The van der Waals surface area contributed by atoms with Gasteiger partial charge < -0.3 is 4.90 Å². The quantitative estimate of drug-likeness (QED) is 0.784. The molecule has 0 aromatic carbocycles. The van der Waals surface area contributed by atoms with E-state index in [0.717, 1.165) is 19.6 Å². The minimum Gasteiger partial charge on any atom is -0.301 e. The van der Waals surface area contributed by atoms with Crippen LogP contribution in [0.3, 0.4) is 0 Å². The molecular weight excluding hydrogens is 264 g/mol. The Labute approximate surface area is 126 Å². The van der Waals surface area contributed by atoms with E-state index in [1.807, 2.05) is 18.2 Å². The zero-order valence-corrected chi connectivity index (χ0v) is 13.5. The number of hydrogen-bond acceptors (Lipinski definition) is 3. The molecule has 0 atom stereocenters. The fourth-order valence-corrected chi connectivity index (χ4v) is 2.64. The van der Waals surface area contributed by atoms with Crippen molar-refractivity contribution in [3.63, 3.8) is 0 Å². The van der Waals surface area contributed by atoms with Crippen LogP contribution in [0, 0.1) is 11.8 Å². The SMILES string of the molecule is CC(C)CN(CCn1nc2ccccn2c1=O)CC(C)C. The van der Waals surface area contributed by atoms with E-state index in [2.05, 4.69) is 37.7 Å². The summed E-state index contributed by atoms with van der Waals surface area (Å²) >= 11 is 0. The molecule has 21 heavy (non-hydrogen) atoms. The van der Waals surface area contributed by atoms with E-state index in [0.29, 0.717) is 24.0 Å². The van der Waals surface area contributed by atoms with Crippen molar-refractivity contribution < 1.29 is 0 Å². The summed E-state index contributed by atoms with van der Waals surface area (Å²) < 4.78 is 3.16. The summed E-state index contributed by atoms with van der Waals surface area (Å²) in [5, 5.41) is 4.38. The molecule has 0 aliphatic heterocycles. The fourth-order valence-electron chi connectivity index (χ4n) is 2.64. The van der Waals surface area contributed by atoms with Crippen molar-refractivity contribution in [1.82, 2.24) is 19.1 Å². The Hall–Kier alpha value is -1.62. The Morgan fingerprint density at radius 1 is 1.14 bits per heavy atom. The molecule has 0 fully saturated rings. The van der Waals surface area contributed by atoms with E-state index in [4.69, 9.17) is 0 Å². The van der Waals surface area contributed by atoms with Crippen molar-refractivity contribution in [2.24, 2.45) is 11.8 Å². The average Bonchev–Trinajstić information content (AvgIpc) is 2.72. The molecule has 2 aromatic heterocycles. The van der Waals surface area contributed by atoms with Gasteiger partial charge in [-0.3, -0.25) is 4.40 Å². The largest absolute Gasteiger partial charge is 0.350 e. The lowest BCUT2D eigenvalue weighted by Crippen LogP contribution is -2.36. The summed E-state index contributed by atoms with van der Waals surface area (Å²) in [6.07, 6.45) is 1.77. The molecule has 0 bridgehead atoms. The van der Waals surface area contributed by atoms with E-state index in [1.54, 1.807) is 15.3 Å². The van der Waals surface area contributed by atoms with Crippen LogP contribution in [-0.2, 0) is 6.54 Å². The molecule has 2 heterocycles. The molecule has 2 rings (SSSR count). The van der Waals surface area contributed by atoms with Gasteiger partial charge in [0, 0.05) is 25.8 Å². The fraction of sp³-hybridized carbons (Fsp3) is 0.625. The second-order valence-electron chi connectivity index (χ2n) is 6.48. The highest BCUT2D eigenvalue weighted by Crippen LogP contribution is 2.04.